The molecular formula is C19H31N3O4. The number of hydrogen-bond donors (Lipinski definition) is 3. The molecule has 0 heterocycles. The molecule has 0 aliphatic carbocycles. The van der Waals surface area contributed by atoms with E-state index in [1.165, 1.54) is 6.92 Å². The Morgan fingerprint density at radius 1 is 1.19 bits per heavy atom. The summed E-state index contributed by atoms with van der Waals surface area (Å²) >= 11 is 0. The molecule has 0 aliphatic heterocycles. The number of ketones is 1. The van der Waals surface area contributed by atoms with Gasteiger partial charge in [0.05, 0.1) is 26.0 Å². The lowest BCUT2D eigenvalue weighted by molar-refractivity contribution is -0.126. The fraction of sp³-hybridized carbons (Fsp3) is 0.579. The van der Waals surface area contributed by atoms with Crippen LogP contribution in [0.3, 0.4) is 0 Å². The van der Waals surface area contributed by atoms with Gasteiger partial charge in [-0.05, 0) is 18.9 Å². The van der Waals surface area contributed by atoms with E-state index >= 15 is 0 Å². The normalized spacial score (nSPS) is 13.2. The van der Waals surface area contributed by atoms with Crippen molar-refractivity contribution in [3.05, 3.63) is 35.9 Å². The summed E-state index contributed by atoms with van der Waals surface area (Å²) in [6, 6.07) is 9.05. The predicted octanol–water partition coefficient (Wildman–Crippen LogP) is 1.14. The maximum absolute atomic E-state index is 11.7. The van der Waals surface area contributed by atoms with Crippen LogP contribution in [-0.4, -0.2) is 50.8 Å². The number of nitrogens with two attached hydrogens (primary N) is 1. The van der Waals surface area contributed by atoms with Gasteiger partial charge in [-0.2, -0.15) is 0 Å². The fourth-order valence-electron chi connectivity index (χ4n) is 2.43. The number of carbonyl (C=O) groups excluding carboxylic acids is 2. The van der Waals surface area contributed by atoms with Crippen LogP contribution in [0.1, 0.15) is 38.3 Å². The zero-order chi connectivity index (χ0) is 19.2. The number of nitrogens with one attached hydrogen (secondary N) is 2. The number of carbonyl (C=O) groups is 2. The molecule has 7 heteroatoms. The van der Waals surface area contributed by atoms with Gasteiger partial charge in [-0.1, -0.05) is 43.7 Å². The summed E-state index contributed by atoms with van der Waals surface area (Å²) in [5, 5.41) is 5.77. The first-order valence-electron chi connectivity index (χ1n) is 9.01. The average Bonchev–Trinajstić information content (AvgIpc) is 2.61. The highest BCUT2D eigenvalue weighted by molar-refractivity contribution is 5.82. The summed E-state index contributed by atoms with van der Waals surface area (Å²) in [4.78, 5) is 23.3. The molecular weight excluding hydrogens is 334 g/mol. The molecule has 0 saturated heterocycles. The maximum Gasteiger partial charge on any atom is 0.246 e. The zero-order valence-electron chi connectivity index (χ0n) is 15.7. The summed E-state index contributed by atoms with van der Waals surface area (Å²) < 4.78 is 10.7. The monoisotopic (exact) mass is 365 g/mol. The Balaban J connectivity index is 2.11. The minimum Gasteiger partial charge on any atom is -0.370 e. The Hall–Kier alpha value is -1.80. The lowest BCUT2D eigenvalue weighted by Crippen LogP contribution is -2.34. The Morgan fingerprint density at radius 3 is 2.58 bits per heavy atom. The van der Waals surface area contributed by atoms with Crippen molar-refractivity contribution < 1.29 is 19.1 Å². The predicted molar refractivity (Wildman–Crippen MR) is 101 cm³/mol. The second-order valence-corrected chi connectivity index (χ2v) is 6.12. The van der Waals surface area contributed by atoms with Crippen LogP contribution < -0.4 is 16.4 Å². The van der Waals surface area contributed by atoms with Crippen molar-refractivity contribution in [2.45, 2.75) is 38.8 Å². The molecule has 1 amide bonds. The van der Waals surface area contributed by atoms with Crippen LogP contribution in [0.2, 0.25) is 0 Å². The molecule has 0 radical (unpaired) electrons. The molecule has 1 aromatic carbocycles. The van der Waals surface area contributed by atoms with Crippen molar-refractivity contribution in [1.29, 1.82) is 0 Å². The van der Waals surface area contributed by atoms with Crippen LogP contribution in [0.25, 0.3) is 0 Å². The highest BCUT2D eigenvalue weighted by atomic mass is 16.5. The highest BCUT2D eigenvalue weighted by Crippen LogP contribution is 2.12. The number of Topliss-reactive ketones (excluding diaryl/α,β-unsaturated/α-hetero) is 1. The lowest BCUT2D eigenvalue weighted by atomic mass is 10.0. The van der Waals surface area contributed by atoms with E-state index in [1.54, 1.807) is 0 Å². The molecule has 146 valence electrons. The van der Waals surface area contributed by atoms with Crippen LogP contribution in [0.15, 0.2) is 30.3 Å². The first kappa shape index (κ1) is 22.2. The van der Waals surface area contributed by atoms with Crippen LogP contribution in [0, 0.1) is 0 Å². The topological polar surface area (TPSA) is 103 Å². The van der Waals surface area contributed by atoms with Crippen molar-refractivity contribution in [2.24, 2.45) is 5.73 Å². The van der Waals surface area contributed by atoms with Gasteiger partial charge in [0.1, 0.15) is 6.61 Å². The van der Waals surface area contributed by atoms with E-state index in [0.717, 1.165) is 18.4 Å². The first-order valence-corrected chi connectivity index (χ1v) is 9.01. The van der Waals surface area contributed by atoms with E-state index in [-0.39, 0.29) is 31.1 Å². The zero-order valence-corrected chi connectivity index (χ0v) is 15.7. The Bertz CT molecular complexity index is 525. The number of benzene rings is 1. The van der Waals surface area contributed by atoms with Gasteiger partial charge in [-0.3, -0.25) is 14.9 Å². The molecule has 0 aliphatic rings. The third-order valence-electron chi connectivity index (χ3n) is 3.72. The third kappa shape index (κ3) is 9.62. The third-order valence-corrected chi connectivity index (χ3v) is 3.72. The molecule has 2 unspecified atom stereocenters. The number of ether oxygens (including phenoxy) is 2. The van der Waals surface area contributed by atoms with Gasteiger partial charge in [0.25, 0.3) is 0 Å². The van der Waals surface area contributed by atoms with Gasteiger partial charge in [0.2, 0.25) is 5.91 Å². The molecule has 26 heavy (non-hydrogen) atoms. The number of hydrogen-bond acceptors (Lipinski definition) is 6. The molecule has 1 aromatic rings. The van der Waals surface area contributed by atoms with Gasteiger partial charge in [-0.15, -0.1) is 0 Å². The van der Waals surface area contributed by atoms with Crippen LogP contribution in [0.5, 0.6) is 0 Å². The minimum atomic E-state index is -0.397. The summed E-state index contributed by atoms with van der Waals surface area (Å²) in [5.74, 6) is -0.178. The summed E-state index contributed by atoms with van der Waals surface area (Å²) in [6.07, 6.45) is 1.88. The maximum atomic E-state index is 11.7. The number of amides is 1. The molecule has 7 nitrogen and oxygen atoms in total. The smallest absolute Gasteiger partial charge is 0.246 e. The van der Waals surface area contributed by atoms with E-state index in [2.05, 4.69) is 17.6 Å². The van der Waals surface area contributed by atoms with E-state index in [0.29, 0.717) is 19.8 Å². The van der Waals surface area contributed by atoms with Gasteiger partial charge in [0, 0.05) is 12.6 Å². The molecule has 0 saturated carbocycles. The van der Waals surface area contributed by atoms with Gasteiger partial charge >= 0.3 is 0 Å². The molecule has 4 N–H and O–H groups in total. The standard InChI is InChI=1S/C19H31N3O4/c1-3-7-17(20)12-26-13-18(24)21-10-11-25-14-22-19(15(2)23)16-8-5-4-6-9-16/h4-6,8-9,17,19,22H,3,7,10-14,20H2,1-2H3,(H,21,24). The molecule has 1 rings (SSSR count). The fourth-order valence-corrected chi connectivity index (χ4v) is 2.43. The van der Waals surface area contributed by atoms with E-state index in [4.69, 9.17) is 15.2 Å². The molecule has 0 spiro atoms. The lowest BCUT2D eigenvalue weighted by Gasteiger charge is -2.16. The summed E-state index contributed by atoms with van der Waals surface area (Å²) in [7, 11) is 0. The minimum absolute atomic E-state index is 0.00389. The van der Waals surface area contributed by atoms with Gasteiger partial charge < -0.3 is 20.5 Å². The summed E-state index contributed by atoms with van der Waals surface area (Å²) in [6.45, 7) is 4.91. The molecule has 0 fully saturated rings. The molecule has 0 aromatic heterocycles. The van der Waals surface area contributed by atoms with Crippen LogP contribution in [-0.2, 0) is 19.1 Å². The van der Waals surface area contributed by atoms with Crippen molar-refractivity contribution in [1.82, 2.24) is 10.6 Å². The van der Waals surface area contributed by atoms with Crippen molar-refractivity contribution in [3.8, 4) is 0 Å². The van der Waals surface area contributed by atoms with Crippen molar-refractivity contribution >= 4 is 11.7 Å². The average molecular weight is 365 g/mol. The summed E-state index contributed by atoms with van der Waals surface area (Å²) in [5.41, 5.74) is 6.70. The quantitative estimate of drug-likeness (QED) is 0.337. The second-order valence-electron chi connectivity index (χ2n) is 6.12. The first-order chi connectivity index (χ1) is 12.5. The Morgan fingerprint density at radius 2 is 1.92 bits per heavy atom. The number of rotatable bonds is 14. The van der Waals surface area contributed by atoms with Crippen LogP contribution >= 0.6 is 0 Å². The van der Waals surface area contributed by atoms with Gasteiger partial charge in [0.15, 0.2) is 5.78 Å². The van der Waals surface area contributed by atoms with E-state index < -0.39 is 6.04 Å². The SMILES string of the molecule is CCCC(N)COCC(=O)NCCOCNC(C(C)=O)c1ccccc1. The van der Waals surface area contributed by atoms with E-state index in [1.807, 2.05) is 30.3 Å². The van der Waals surface area contributed by atoms with Gasteiger partial charge in [-0.25, -0.2) is 0 Å². The largest absolute Gasteiger partial charge is 0.370 e. The molecule has 0 bridgehead atoms. The van der Waals surface area contributed by atoms with Crippen molar-refractivity contribution in [3.63, 3.8) is 0 Å². The highest BCUT2D eigenvalue weighted by Gasteiger charge is 2.15. The Kier molecular flexibility index (Phi) is 11.5. The van der Waals surface area contributed by atoms with E-state index in [9.17, 15) is 9.59 Å². The van der Waals surface area contributed by atoms with Crippen molar-refractivity contribution in [2.75, 3.05) is 33.1 Å². The second kappa shape index (κ2) is 13.4. The molecule has 2 atom stereocenters. The van der Waals surface area contributed by atoms with Crippen LogP contribution in [0.4, 0.5) is 0 Å². The Labute approximate surface area is 155 Å².